The van der Waals surface area contributed by atoms with E-state index >= 15 is 0 Å². The van der Waals surface area contributed by atoms with Crippen molar-refractivity contribution in [3.63, 3.8) is 0 Å². The van der Waals surface area contributed by atoms with E-state index in [-0.39, 0.29) is 24.8 Å². The molecule has 2 rings (SSSR count). The summed E-state index contributed by atoms with van der Waals surface area (Å²) in [5.74, 6) is -3.74. The maximum absolute atomic E-state index is 12.8. The van der Waals surface area contributed by atoms with Crippen molar-refractivity contribution in [2.45, 2.75) is 12.3 Å². The molecule has 0 amide bonds. The number of hydrogen-bond acceptors (Lipinski definition) is 2. The topological polar surface area (TPSA) is 40.1 Å². The fraction of sp³-hybridized carbons (Fsp3) is 0.300. The van der Waals surface area contributed by atoms with E-state index in [0.717, 1.165) is 12.1 Å². The van der Waals surface area contributed by atoms with Gasteiger partial charge in [0.2, 0.25) is 0 Å². The molecule has 1 aliphatic rings. The normalized spacial score (nSPS) is 23.1. The van der Waals surface area contributed by atoms with Crippen LogP contribution in [0.2, 0.25) is 0 Å². The fourth-order valence-corrected chi connectivity index (χ4v) is 1.57. The van der Waals surface area contributed by atoms with Gasteiger partial charge in [-0.15, -0.1) is 0 Å². The minimum absolute atomic E-state index is 0. The summed E-state index contributed by atoms with van der Waals surface area (Å²) in [6, 6.07) is 3.46. The predicted molar refractivity (Wildman–Crippen MR) is 42.2 cm³/mol. The van der Waals surface area contributed by atoms with Gasteiger partial charge in [0, 0.05) is 11.9 Å². The summed E-state index contributed by atoms with van der Waals surface area (Å²) in [7, 11) is 0. The molecule has 2 unspecified atom stereocenters. The zero-order valence-electron chi connectivity index (χ0n) is 8.17. The summed E-state index contributed by atoms with van der Waals surface area (Å²) in [6.07, 6.45) is 0.452. The zero-order valence-corrected chi connectivity index (χ0v) is 8.17. The first kappa shape index (κ1) is 12.2. The summed E-state index contributed by atoms with van der Waals surface area (Å²) in [5, 5.41) is 10.4. The Labute approximate surface area is 97.5 Å². The SMILES string of the molecule is O=C([O-])C1CC1c1ccc(F)c(F)c1.[Li+]. The summed E-state index contributed by atoms with van der Waals surface area (Å²) in [5.41, 5.74) is 0.526. The van der Waals surface area contributed by atoms with Gasteiger partial charge in [-0.1, -0.05) is 6.07 Å². The summed E-state index contributed by atoms with van der Waals surface area (Å²) in [4.78, 5) is 10.4. The van der Waals surface area contributed by atoms with Crippen molar-refractivity contribution in [2.75, 3.05) is 0 Å². The first-order chi connectivity index (χ1) is 6.59. The quantitative estimate of drug-likeness (QED) is 0.514. The standard InChI is InChI=1S/C10H8F2O2.Li/c11-8-2-1-5(3-9(8)12)6-4-7(6)10(13)14;/h1-3,6-7H,4H2,(H,13,14);/q;+1/p-1. The van der Waals surface area contributed by atoms with Crippen LogP contribution in [0.4, 0.5) is 8.78 Å². The van der Waals surface area contributed by atoms with Gasteiger partial charge in [0.1, 0.15) is 0 Å². The molecule has 5 heteroatoms. The molecule has 15 heavy (non-hydrogen) atoms. The average Bonchev–Trinajstić information content (AvgIpc) is 2.89. The van der Waals surface area contributed by atoms with Gasteiger partial charge in [-0.3, -0.25) is 0 Å². The van der Waals surface area contributed by atoms with Crippen LogP contribution in [-0.2, 0) is 4.79 Å². The first-order valence-electron chi connectivity index (χ1n) is 4.25. The molecule has 0 radical (unpaired) electrons. The van der Waals surface area contributed by atoms with Crippen LogP contribution in [0.25, 0.3) is 0 Å². The van der Waals surface area contributed by atoms with Gasteiger partial charge in [-0.25, -0.2) is 8.78 Å². The van der Waals surface area contributed by atoms with Crippen molar-refractivity contribution in [1.29, 1.82) is 0 Å². The maximum Gasteiger partial charge on any atom is 1.00 e. The van der Waals surface area contributed by atoms with E-state index in [0.29, 0.717) is 12.0 Å². The van der Waals surface area contributed by atoms with Crippen LogP contribution in [-0.4, -0.2) is 5.97 Å². The van der Waals surface area contributed by atoms with Gasteiger partial charge in [0.25, 0.3) is 0 Å². The molecule has 0 heterocycles. The van der Waals surface area contributed by atoms with Crippen LogP contribution in [0, 0.1) is 17.6 Å². The number of benzene rings is 1. The Balaban J connectivity index is 0.00000112. The summed E-state index contributed by atoms with van der Waals surface area (Å²) >= 11 is 0. The van der Waals surface area contributed by atoms with E-state index in [9.17, 15) is 18.7 Å². The number of halogens is 2. The molecular weight excluding hydrogens is 197 g/mol. The minimum atomic E-state index is -1.13. The fourth-order valence-electron chi connectivity index (χ4n) is 1.57. The van der Waals surface area contributed by atoms with Crippen molar-refractivity contribution in [3.8, 4) is 0 Å². The van der Waals surface area contributed by atoms with E-state index in [1.54, 1.807) is 0 Å². The van der Waals surface area contributed by atoms with Crippen LogP contribution < -0.4 is 24.0 Å². The van der Waals surface area contributed by atoms with Gasteiger partial charge in [-0.2, -0.15) is 0 Å². The third-order valence-corrected chi connectivity index (χ3v) is 2.46. The Morgan fingerprint density at radius 3 is 2.47 bits per heavy atom. The monoisotopic (exact) mass is 204 g/mol. The predicted octanol–water partition coefficient (Wildman–Crippen LogP) is -2.18. The summed E-state index contributed by atoms with van der Waals surface area (Å²) in [6.45, 7) is 0. The van der Waals surface area contributed by atoms with E-state index < -0.39 is 23.5 Å². The van der Waals surface area contributed by atoms with Crippen molar-refractivity contribution >= 4 is 5.97 Å². The van der Waals surface area contributed by atoms with Crippen molar-refractivity contribution in [2.24, 2.45) is 5.92 Å². The Kier molecular flexibility index (Phi) is 3.53. The van der Waals surface area contributed by atoms with Gasteiger partial charge in [0.15, 0.2) is 11.6 Å². The molecule has 0 N–H and O–H groups in total. The smallest absolute Gasteiger partial charge is 0.550 e. The number of carbonyl (C=O) groups is 1. The molecule has 1 aliphatic carbocycles. The average molecular weight is 204 g/mol. The number of carbonyl (C=O) groups excluding carboxylic acids is 1. The van der Waals surface area contributed by atoms with E-state index in [4.69, 9.17) is 0 Å². The second-order valence-electron chi connectivity index (χ2n) is 3.44. The molecule has 1 saturated carbocycles. The second kappa shape index (κ2) is 4.34. The van der Waals surface area contributed by atoms with Crippen LogP contribution in [0.5, 0.6) is 0 Å². The molecule has 1 fully saturated rings. The minimum Gasteiger partial charge on any atom is -0.550 e. The molecule has 0 spiro atoms. The molecule has 0 aliphatic heterocycles. The number of carboxylic acids is 1. The van der Waals surface area contributed by atoms with Crippen molar-refractivity contribution in [3.05, 3.63) is 35.4 Å². The van der Waals surface area contributed by atoms with Crippen molar-refractivity contribution in [1.82, 2.24) is 0 Å². The molecular formula is C10H7F2LiO2. The molecule has 1 aromatic carbocycles. The van der Waals surface area contributed by atoms with Crippen LogP contribution in [0.3, 0.4) is 0 Å². The Hall–Kier alpha value is -0.853. The summed E-state index contributed by atoms with van der Waals surface area (Å²) < 4.78 is 25.3. The van der Waals surface area contributed by atoms with Crippen LogP contribution in [0.1, 0.15) is 17.9 Å². The molecule has 1 aromatic rings. The number of aliphatic carboxylic acids is 1. The van der Waals surface area contributed by atoms with Gasteiger partial charge >= 0.3 is 18.9 Å². The molecule has 2 atom stereocenters. The van der Waals surface area contributed by atoms with Crippen LogP contribution >= 0.6 is 0 Å². The van der Waals surface area contributed by atoms with Gasteiger partial charge in [0.05, 0.1) is 0 Å². The van der Waals surface area contributed by atoms with Crippen LogP contribution in [0.15, 0.2) is 18.2 Å². The van der Waals surface area contributed by atoms with E-state index in [1.165, 1.54) is 6.07 Å². The Bertz CT molecular complexity index is 395. The molecule has 74 valence electrons. The van der Waals surface area contributed by atoms with E-state index in [1.807, 2.05) is 0 Å². The van der Waals surface area contributed by atoms with Crippen molar-refractivity contribution < 1.29 is 37.5 Å². The van der Waals surface area contributed by atoms with Gasteiger partial charge < -0.3 is 9.90 Å². The van der Waals surface area contributed by atoms with E-state index in [2.05, 4.69) is 0 Å². The Morgan fingerprint density at radius 2 is 2.00 bits per heavy atom. The maximum atomic E-state index is 12.8. The van der Waals surface area contributed by atoms with Gasteiger partial charge in [-0.05, 0) is 30.0 Å². The number of hydrogen-bond donors (Lipinski definition) is 0. The third-order valence-electron chi connectivity index (χ3n) is 2.46. The second-order valence-corrected chi connectivity index (χ2v) is 3.44. The molecule has 0 aromatic heterocycles. The zero-order chi connectivity index (χ0) is 10.3. The molecule has 0 saturated heterocycles. The number of carboxylic acid groups (broad SMARTS) is 1. The first-order valence-corrected chi connectivity index (χ1v) is 4.25. The largest absolute Gasteiger partial charge is 1.00 e. The number of rotatable bonds is 2. The molecule has 0 bridgehead atoms. The Morgan fingerprint density at radius 1 is 1.33 bits per heavy atom. The molecule has 2 nitrogen and oxygen atoms in total. The third kappa shape index (κ3) is 2.39.